The minimum Gasteiger partial charge on any atom is -0.460 e. The van der Waals surface area contributed by atoms with Gasteiger partial charge in [0.2, 0.25) is 0 Å². The van der Waals surface area contributed by atoms with Crippen LogP contribution in [0.3, 0.4) is 0 Å². The highest BCUT2D eigenvalue weighted by atomic mass is 35.5. The lowest BCUT2D eigenvalue weighted by atomic mass is 10.1. The lowest BCUT2D eigenvalue weighted by Crippen LogP contribution is -2.12. The number of rotatable bonds is 6. The molecule has 2 nitrogen and oxygen atoms in total. The van der Waals surface area contributed by atoms with Crippen LogP contribution >= 0.6 is 46.4 Å². The standard InChI is InChI=1S/C18H16Cl4F2O2/c1-4-5-8-15(23)13(21)9(14(22)16(8)24)7-26-17(25)12-10(6-11(19)20)18(12,2)3/h4,6,10,12H,1,5,7H2,2-3H3/t10-,12+/m1/s1. The third-order valence-corrected chi connectivity index (χ3v) is 5.66. The zero-order valence-corrected chi connectivity index (χ0v) is 17.0. The molecule has 1 aromatic rings. The Kier molecular flexibility index (Phi) is 6.66. The minimum atomic E-state index is -0.944. The van der Waals surface area contributed by atoms with Crippen molar-refractivity contribution in [2.45, 2.75) is 26.9 Å². The molecule has 0 aromatic heterocycles. The topological polar surface area (TPSA) is 26.3 Å². The molecule has 26 heavy (non-hydrogen) atoms. The van der Waals surface area contributed by atoms with Gasteiger partial charge in [-0.05, 0) is 23.8 Å². The normalized spacial score (nSPS) is 20.5. The maximum Gasteiger partial charge on any atom is 0.310 e. The van der Waals surface area contributed by atoms with Gasteiger partial charge in [-0.15, -0.1) is 6.58 Å². The van der Waals surface area contributed by atoms with E-state index in [0.29, 0.717) is 0 Å². The van der Waals surface area contributed by atoms with Crippen molar-refractivity contribution in [3.63, 3.8) is 0 Å². The Labute approximate surface area is 170 Å². The van der Waals surface area contributed by atoms with Gasteiger partial charge in [-0.2, -0.15) is 0 Å². The Morgan fingerprint density at radius 2 is 1.73 bits per heavy atom. The van der Waals surface area contributed by atoms with Crippen molar-refractivity contribution in [2.75, 3.05) is 0 Å². The van der Waals surface area contributed by atoms with Crippen LogP contribution in [-0.2, 0) is 22.6 Å². The van der Waals surface area contributed by atoms with E-state index in [9.17, 15) is 13.6 Å². The van der Waals surface area contributed by atoms with Crippen LogP contribution in [0.5, 0.6) is 0 Å². The molecular formula is C18H16Cl4F2O2. The van der Waals surface area contributed by atoms with Gasteiger partial charge in [0, 0.05) is 11.1 Å². The Balaban J connectivity index is 2.19. The summed E-state index contributed by atoms with van der Waals surface area (Å²) in [5, 5.41) is -0.757. The second-order valence-electron chi connectivity index (χ2n) is 6.59. The van der Waals surface area contributed by atoms with Crippen LogP contribution in [0.2, 0.25) is 10.0 Å². The number of esters is 1. The minimum absolute atomic E-state index is 0.0615. The summed E-state index contributed by atoms with van der Waals surface area (Å²) in [6.45, 7) is 6.71. The molecule has 142 valence electrons. The predicted octanol–water partition coefficient (Wildman–Crippen LogP) is 6.63. The molecule has 2 rings (SSSR count). The second-order valence-corrected chi connectivity index (χ2v) is 8.36. The van der Waals surface area contributed by atoms with Crippen LogP contribution in [0, 0.1) is 28.9 Å². The van der Waals surface area contributed by atoms with E-state index in [1.807, 2.05) is 13.8 Å². The Bertz CT molecular complexity index is 757. The van der Waals surface area contributed by atoms with Crippen LogP contribution in [0.4, 0.5) is 8.78 Å². The third-order valence-electron chi connectivity index (χ3n) is 4.62. The fourth-order valence-electron chi connectivity index (χ4n) is 2.98. The number of halogens is 6. The van der Waals surface area contributed by atoms with Crippen molar-refractivity contribution < 1.29 is 18.3 Å². The van der Waals surface area contributed by atoms with Crippen molar-refractivity contribution in [2.24, 2.45) is 17.3 Å². The predicted molar refractivity (Wildman–Crippen MR) is 101 cm³/mol. The van der Waals surface area contributed by atoms with Crippen LogP contribution in [0.25, 0.3) is 0 Å². The molecule has 1 aromatic carbocycles. The number of hydrogen-bond acceptors (Lipinski definition) is 2. The van der Waals surface area contributed by atoms with Crippen LogP contribution in [0.1, 0.15) is 25.0 Å². The highest BCUT2D eigenvalue weighted by molar-refractivity contribution is 6.55. The van der Waals surface area contributed by atoms with Crippen molar-refractivity contribution in [1.29, 1.82) is 0 Å². The monoisotopic (exact) mass is 442 g/mol. The van der Waals surface area contributed by atoms with Gasteiger partial charge in [-0.3, -0.25) is 4.79 Å². The third kappa shape index (κ3) is 4.04. The van der Waals surface area contributed by atoms with Gasteiger partial charge in [0.25, 0.3) is 0 Å². The molecule has 0 aliphatic heterocycles. The average Bonchev–Trinajstić information content (AvgIpc) is 3.09. The summed E-state index contributed by atoms with van der Waals surface area (Å²) < 4.78 is 33.8. The fraction of sp³-hybridized carbons (Fsp3) is 0.389. The first-order valence-electron chi connectivity index (χ1n) is 7.68. The number of carbonyl (C=O) groups is 1. The fourth-order valence-corrected chi connectivity index (χ4v) is 3.83. The summed E-state index contributed by atoms with van der Waals surface area (Å²) in [7, 11) is 0. The molecule has 2 atom stereocenters. The number of carbonyl (C=O) groups excluding carboxylic acids is 1. The zero-order valence-electron chi connectivity index (χ0n) is 14.0. The van der Waals surface area contributed by atoms with Crippen LogP contribution in [0.15, 0.2) is 23.2 Å². The van der Waals surface area contributed by atoms with Crippen molar-refractivity contribution in [1.82, 2.24) is 0 Å². The van der Waals surface area contributed by atoms with E-state index in [1.165, 1.54) is 6.08 Å². The van der Waals surface area contributed by atoms with Gasteiger partial charge in [0.1, 0.15) is 22.7 Å². The largest absolute Gasteiger partial charge is 0.460 e. The number of benzene rings is 1. The molecule has 1 aliphatic rings. The maximum absolute atomic E-state index is 14.3. The first-order chi connectivity index (χ1) is 12.0. The second kappa shape index (κ2) is 8.05. The first-order valence-corrected chi connectivity index (χ1v) is 9.19. The van der Waals surface area contributed by atoms with Crippen molar-refractivity contribution in [3.05, 3.63) is 56.0 Å². The molecule has 0 heterocycles. The molecular weight excluding hydrogens is 428 g/mol. The highest BCUT2D eigenvalue weighted by Crippen LogP contribution is 2.60. The summed E-state index contributed by atoms with van der Waals surface area (Å²) in [5.41, 5.74) is -0.787. The molecule has 0 radical (unpaired) electrons. The van der Waals surface area contributed by atoms with E-state index < -0.39 is 30.1 Å². The highest BCUT2D eigenvalue weighted by Gasteiger charge is 2.61. The van der Waals surface area contributed by atoms with E-state index >= 15 is 0 Å². The summed E-state index contributed by atoms with van der Waals surface area (Å²) in [6, 6.07) is 0. The molecule has 8 heteroatoms. The lowest BCUT2D eigenvalue weighted by Gasteiger charge is -2.13. The molecule has 0 spiro atoms. The quantitative estimate of drug-likeness (QED) is 0.280. The molecule has 0 saturated heterocycles. The lowest BCUT2D eigenvalue weighted by molar-refractivity contribution is -0.147. The van der Waals surface area contributed by atoms with Gasteiger partial charge >= 0.3 is 5.97 Å². The molecule has 1 saturated carbocycles. The molecule has 0 N–H and O–H groups in total. The molecule has 0 unspecified atom stereocenters. The summed E-state index contributed by atoms with van der Waals surface area (Å²) >= 11 is 23.2. The summed E-state index contributed by atoms with van der Waals surface area (Å²) in [5.74, 6) is -3.09. The average molecular weight is 444 g/mol. The smallest absolute Gasteiger partial charge is 0.310 e. The van der Waals surface area contributed by atoms with Crippen molar-refractivity contribution in [3.8, 4) is 0 Å². The van der Waals surface area contributed by atoms with Crippen LogP contribution in [-0.4, -0.2) is 5.97 Å². The van der Waals surface area contributed by atoms with Crippen molar-refractivity contribution >= 4 is 52.4 Å². The summed E-state index contributed by atoms with van der Waals surface area (Å²) in [6.07, 6.45) is 2.83. The van der Waals surface area contributed by atoms with Gasteiger partial charge in [-0.25, -0.2) is 8.78 Å². The molecule has 0 amide bonds. The van der Waals surface area contributed by atoms with E-state index in [-0.39, 0.29) is 43.4 Å². The maximum atomic E-state index is 14.3. The van der Waals surface area contributed by atoms with E-state index in [0.717, 1.165) is 0 Å². The van der Waals surface area contributed by atoms with Gasteiger partial charge in [0.15, 0.2) is 0 Å². The SMILES string of the molecule is C=CCc1c(F)c(Cl)c(COC(=O)[C@@H]2[C@@H](C=C(Cl)Cl)C2(C)C)c(Cl)c1F. The van der Waals surface area contributed by atoms with E-state index in [1.54, 1.807) is 6.08 Å². The first kappa shape index (κ1) is 21.5. The Morgan fingerprint density at radius 1 is 1.19 bits per heavy atom. The van der Waals surface area contributed by atoms with Gasteiger partial charge < -0.3 is 4.74 Å². The van der Waals surface area contributed by atoms with E-state index in [4.69, 9.17) is 51.1 Å². The summed E-state index contributed by atoms with van der Waals surface area (Å²) in [4.78, 5) is 12.3. The van der Waals surface area contributed by atoms with Gasteiger partial charge in [0.05, 0.1) is 16.0 Å². The number of ether oxygens (including phenoxy) is 1. The zero-order chi connectivity index (χ0) is 19.8. The molecule has 0 bridgehead atoms. The molecule has 1 fully saturated rings. The number of hydrogen-bond donors (Lipinski definition) is 0. The molecule has 1 aliphatic carbocycles. The van der Waals surface area contributed by atoms with Crippen LogP contribution < -0.4 is 0 Å². The van der Waals surface area contributed by atoms with Gasteiger partial charge in [-0.1, -0.05) is 66.3 Å². The Hall–Kier alpha value is -0.810. The van der Waals surface area contributed by atoms with E-state index in [2.05, 4.69) is 6.58 Å². The number of allylic oxidation sites excluding steroid dienone is 2. The Morgan fingerprint density at radius 3 is 2.19 bits per heavy atom.